The number of fused-ring (bicyclic) bond motifs is 1. The number of halogens is 2. The second-order valence-corrected chi connectivity index (χ2v) is 6.27. The average Bonchev–Trinajstić information content (AvgIpc) is 2.98. The van der Waals surface area contributed by atoms with E-state index in [0.29, 0.717) is 10.9 Å². The topological polar surface area (TPSA) is 17.8 Å². The lowest BCUT2D eigenvalue weighted by Crippen LogP contribution is -2.06. The van der Waals surface area contributed by atoms with Gasteiger partial charge in [0, 0.05) is 12.3 Å². The molecule has 0 bridgehead atoms. The molecule has 20 heavy (non-hydrogen) atoms. The van der Waals surface area contributed by atoms with Crippen LogP contribution in [0.3, 0.4) is 0 Å². The lowest BCUT2D eigenvalue weighted by Gasteiger charge is -2.08. The highest BCUT2D eigenvalue weighted by Crippen LogP contribution is 2.26. The molecule has 0 aliphatic carbocycles. The number of aryl methyl sites for hydroxylation is 2. The monoisotopic (exact) mass is 324 g/mol. The van der Waals surface area contributed by atoms with Crippen molar-refractivity contribution in [3.63, 3.8) is 0 Å². The number of para-hydroxylation sites is 1. The fraction of sp³-hybridized carbons (Fsp3) is 0.267. The Kier molecular flexibility index (Phi) is 4.01. The summed E-state index contributed by atoms with van der Waals surface area (Å²) >= 11 is 13.9. The van der Waals surface area contributed by atoms with Crippen LogP contribution in [0, 0.1) is 6.92 Å². The first kappa shape index (κ1) is 13.9. The molecule has 3 aromatic rings. The van der Waals surface area contributed by atoms with Crippen LogP contribution in [-0.4, -0.2) is 15.4 Å². The molecule has 104 valence electrons. The standard InChI is InChI=1S/C15H14Cl2N2S/c1-10-8-20-9-11(10)7-19-13-4-2-3-12(17)15(13)18-14(19)5-6-16/h2-4,8-9H,5-7H2,1H3. The molecule has 0 unspecified atom stereocenters. The molecule has 0 amide bonds. The Labute approximate surface area is 132 Å². The normalized spacial score (nSPS) is 11.3. The number of imidazole rings is 1. The number of aromatic nitrogens is 2. The Bertz CT molecular complexity index is 745. The molecule has 2 heterocycles. The van der Waals surface area contributed by atoms with Crippen molar-refractivity contribution in [2.45, 2.75) is 19.9 Å². The van der Waals surface area contributed by atoms with Crippen molar-refractivity contribution in [1.29, 1.82) is 0 Å². The van der Waals surface area contributed by atoms with Gasteiger partial charge in [-0.3, -0.25) is 0 Å². The second kappa shape index (κ2) is 5.76. The summed E-state index contributed by atoms with van der Waals surface area (Å²) in [4.78, 5) is 4.66. The first-order valence-corrected chi connectivity index (χ1v) is 8.27. The van der Waals surface area contributed by atoms with Crippen LogP contribution in [0.2, 0.25) is 5.02 Å². The van der Waals surface area contributed by atoms with E-state index in [-0.39, 0.29) is 0 Å². The van der Waals surface area contributed by atoms with E-state index >= 15 is 0 Å². The van der Waals surface area contributed by atoms with Crippen molar-refractivity contribution >= 4 is 45.6 Å². The summed E-state index contributed by atoms with van der Waals surface area (Å²) in [5.41, 5.74) is 4.58. The molecule has 0 spiro atoms. The van der Waals surface area contributed by atoms with Crippen molar-refractivity contribution in [2.75, 3.05) is 5.88 Å². The van der Waals surface area contributed by atoms with Crippen LogP contribution in [0.1, 0.15) is 17.0 Å². The highest BCUT2D eigenvalue weighted by atomic mass is 35.5. The van der Waals surface area contributed by atoms with Crippen molar-refractivity contribution in [3.05, 3.63) is 50.9 Å². The first-order valence-electron chi connectivity index (χ1n) is 6.42. The van der Waals surface area contributed by atoms with E-state index < -0.39 is 0 Å². The van der Waals surface area contributed by atoms with Crippen LogP contribution in [0.5, 0.6) is 0 Å². The fourth-order valence-electron chi connectivity index (χ4n) is 2.33. The van der Waals surface area contributed by atoms with Gasteiger partial charge in [-0.15, -0.1) is 11.6 Å². The molecule has 0 fully saturated rings. The van der Waals surface area contributed by atoms with E-state index in [4.69, 9.17) is 23.2 Å². The molecule has 0 atom stereocenters. The van der Waals surface area contributed by atoms with Gasteiger partial charge in [-0.1, -0.05) is 17.7 Å². The second-order valence-electron chi connectivity index (χ2n) is 4.74. The Morgan fingerprint density at radius 1 is 1.30 bits per heavy atom. The molecule has 3 rings (SSSR count). The van der Waals surface area contributed by atoms with Crippen molar-refractivity contribution < 1.29 is 0 Å². The lowest BCUT2D eigenvalue weighted by molar-refractivity contribution is 0.753. The number of hydrogen-bond acceptors (Lipinski definition) is 2. The molecule has 2 nitrogen and oxygen atoms in total. The quantitative estimate of drug-likeness (QED) is 0.625. The Morgan fingerprint density at radius 2 is 2.15 bits per heavy atom. The van der Waals surface area contributed by atoms with Gasteiger partial charge in [-0.2, -0.15) is 11.3 Å². The van der Waals surface area contributed by atoms with E-state index in [1.54, 1.807) is 11.3 Å². The highest BCUT2D eigenvalue weighted by molar-refractivity contribution is 7.08. The summed E-state index contributed by atoms with van der Waals surface area (Å²) < 4.78 is 2.22. The van der Waals surface area contributed by atoms with Gasteiger partial charge < -0.3 is 4.57 Å². The average molecular weight is 325 g/mol. The molecule has 0 N–H and O–H groups in total. The van der Waals surface area contributed by atoms with Crippen molar-refractivity contribution in [2.24, 2.45) is 0 Å². The van der Waals surface area contributed by atoms with E-state index in [1.807, 2.05) is 12.1 Å². The predicted octanol–water partition coefficient (Wildman–Crippen LogP) is 4.89. The molecule has 0 saturated carbocycles. The third-order valence-electron chi connectivity index (χ3n) is 3.42. The summed E-state index contributed by atoms with van der Waals surface area (Å²) in [7, 11) is 0. The van der Waals surface area contributed by atoms with Crippen molar-refractivity contribution in [3.8, 4) is 0 Å². The highest BCUT2D eigenvalue weighted by Gasteiger charge is 2.13. The summed E-state index contributed by atoms with van der Waals surface area (Å²) in [5.74, 6) is 1.55. The molecule has 1 aromatic carbocycles. The van der Waals surface area contributed by atoms with Crippen molar-refractivity contribution in [1.82, 2.24) is 9.55 Å². The van der Waals surface area contributed by atoms with E-state index in [2.05, 4.69) is 33.3 Å². The maximum atomic E-state index is 6.25. The zero-order valence-electron chi connectivity index (χ0n) is 11.1. The van der Waals surface area contributed by atoms with Gasteiger partial charge in [-0.25, -0.2) is 4.98 Å². The van der Waals surface area contributed by atoms with Crippen LogP contribution in [0.15, 0.2) is 29.0 Å². The van der Waals surface area contributed by atoms with Gasteiger partial charge in [0.25, 0.3) is 0 Å². The van der Waals surface area contributed by atoms with Gasteiger partial charge in [-0.05, 0) is 40.9 Å². The third kappa shape index (κ3) is 2.46. The third-order valence-corrected chi connectivity index (χ3v) is 4.82. The molecule has 5 heteroatoms. The largest absolute Gasteiger partial charge is 0.323 e. The smallest absolute Gasteiger partial charge is 0.111 e. The predicted molar refractivity (Wildman–Crippen MR) is 87.3 cm³/mol. The SMILES string of the molecule is Cc1cscc1Cn1c(CCCl)nc2c(Cl)cccc21. The van der Waals surface area contributed by atoms with E-state index in [0.717, 1.165) is 29.8 Å². The fourth-order valence-corrected chi connectivity index (χ4v) is 3.56. The van der Waals surface area contributed by atoms with Gasteiger partial charge >= 0.3 is 0 Å². The number of hydrogen-bond donors (Lipinski definition) is 0. The Morgan fingerprint density at radius 3 is 2.85 bits per heavy atom. The Balaban J connectivity index is 2.14. The minimum absolute atomic E-state index is 0.559. The van der Waals surface area contributed by atoms with Gasteiger partial charge in [0.05, 0.1) is 17.1 Å². The van der Waals surface area contributed by atoms with E-state index in [9.17, 15) is 0 Å². The van der Waals surface area contributed by atoms with Crippen LogP contribution in [0.4, 0.5) is 0 Å². The molecule has 0 radical (unpaired) electrons. The summed E-state index contributed by atoms with van der Waals surface area (Å²) in [6.45, 7) is 2.96. The maximum absolute atomic E-state index is 6.25. The zero-order valence-corrected chi connectivity index (χ0v) is 13.4. The number of benzene rings is 1. The van der Waals surface area contributed by atoms with Crippen LogP contribution in [-0.2, 0) is 13.0 Å². The van der Waals surface area contributed by atoms with Gasteiger partial charge in [0.2, 0.25) is 0 Å². The Hall–Kier alpha value is -1.03. The minimum Gasteiger partial charge on any atom is -0.323 e. The molecule has 0 saturated heterocycles. The molecule has 0 aliphatic heterocycles. The van der Waals surface area contributed by atoms with E-state index in [1.165, 1.54) is 11.1 Å². The number of thiophene rings is 1. The summed E-state index contributed by atoms with van der Waals surface area (Å²) in [6.07, 6.45) is 0.746. The molecule has 2 aromatic heterocycles. The summed E-state index contributed by atoms with van der Waals surface area (Å²) in [5, 5.41) is 5.05. The first-order chi connectivity index (χ1) is 9.70. The maximum Gasteiger partial charge on any atom is 0.111 e. The number of rotatable bonds is 4. The van der Waals surface area contributed by atoms with Crippen LogP contribution in [0.25, 0.3) is 11.0 Å². The lowest BCUT2D eigenvalue weighted by atomic mass is 10.2. The van der Waals surface area contributed by atoms with Gasteiger partial charge in [0.15, 0.2) is 0 Å². The summed E-state index contributed by atoms with van der Waals surface area (Å²) in [6, 6.07) is 5.91. The number of nitrogens with zero attached hydrogens (tertiary/aromatic N) is 2. The number of alkyl halides is 1. The molecular weight excluding hydrogens is 311 g/mol. The molecule has 0 aliphatic rings. The van der Waals surface area contributed by atoms with Gasteiger partial charge in [0.1, 0.15) is 11.3 Å². The zero-order chi connectivity index (χ0) is 14.1. The minimum atomic E-state index is 0.559. The van der Waals surface area contributed by atoms with Crippen LogP contribution < -0.4 is 0 Å². The molecular formula is C15H14Cl2N2S. The van der Waals surface area contributed by atoms with Crippen LogP contribution >= 0.6 is 34.5 Å².